The van der Waals surface area contributed by atoms with Gasteiger partial charge in [-0.1, -0.05) is 43.6 Å². The van der Waals surface area contributed by atoms with E-state index in [0.29, 0.717) is 11.8 Å². The zero-order valence-electron chi connectivity index (χ0n) is 12.1. The maximum atomic E-state index is 9.39. The predicted octanol–water partition coefficient (Wildman–Crippen LogP) is 5.61. The smallest absolute Gasteiger partial charge is 0.100 e. The molecular formula is C18H16ClNS. The molecule has 1 aliphatic heterocycles. The van der Waals surface area contributed by atoms with Crippen LogP contribution in [0.25, 0.3) is 0 Å². The van der Waals surface area contributed by atoms with E-state index in [0.717, 1.165) is 21.2 Å². The molecule has 3 rings (SSSR count). The fourth-order valence-corrected chi connectivity index (χ4v) is 4.46. The van der Waals surface area contributed by atoms with Crippen LogP contribution in [0.5, 0.6) is 0 Å². The van der Waals surface area contributed by atoms with Crippen LogP contribution < -0.4 is 0 Å². The van der Waals surface area contributed by atoms with Crippen molar-refractivity contribution in [3.05, 3.63) is 63.7 Å². The average Bonchev–Trinajstić information content (AvgIpc) is 2.63. The Bertz CT molecular complexity index is 730. The van der Waals surface area contributed by atoms with E-state index in [2.05, 4.69) is 38.1 Å². The molecule has 0 N–H and O–H groups in total. The van der Waals surface area contributed by atoms with E-state index in [1.807, 2.05) is 18.2 Å². The molecule has 1 heterocycles. The second-order valence-corrected chi connectivity index (χ2v) is 7.11. The van der Waals surface area contributed by atoms with Gasteiger partial charge in [0.15, 0.2) is 0 Å². The maximum absolute atomic E-state index is 9.39. The standard InChI is InChI=1S/C18H16ClNS/c1-11(2)17-15-7-6-14(19)8-13(15)10-21-18-12(9-20)4-3-5-16(17)18/h3-8,11,17H,10H2,1-2H3. The molecule has 21 heavy (non-hydrogen) atoms. The molecule has 0 aromatic heterocycles. The third-order valence-electron chi connectivity index (χ3n) is 3.98. The minimum atomic E-state index is 0.315. The Hall–Kier alpha value is -1.43. The monoisotopic (exact) mass is 313 g/mol. The summed E-state index contributed by atoms with van der Waals surface area (Å²) >= 11 is 7.92. The van der Waals surface area contributed by atoms with Crippen molar-refractivity contribution in [1.29, 1.82) is 5.26 Å². The summed E-state index contributed by atoms with van der Waals surface area (Å²) in [5.74, 6) is 1.65. The highest BCUT2D eigenvalue weighted by Crippen LogP contribution is 2.45. The summed E-state index contributed by atoms with van der Waals surface area (Å²) in [4.78, 5) is 1.13. The number of nitrogens with zero attached hydrogens (tertiary/aromatic N) is 1. The van der Waals surface area contributed by atoms with E-state index < -0.39 is 0 Å². The van der Waals surface area contributed by atoms with Gasteiger partial charge in [0.2, 0.25) is 0 Å². The van der Waals surface area contributed by atoms with Crippen molar-refractivity contribution >= 4 is 23.4 Å². The minimum absolute atomic E-state index is 0.315. The van der Waals surface area contributed by atoms with E-state index in [1.54, 1.807) is 11.8 Å². The van der Waals surface area contributed by atoms with E-state index in [4.69, 9.17) is 11.6 Å². The zero-order chi connectivity index (χ0) is 15.0. The Morgan fingerprint density at radius 3 is 2.76 bits per heavy atom. The van der Waals surface area contributed by atoms with Crippen molar-refractivity contribution in [3.8, 4) is 6.07 Å². The van der Waals surface area contributed by atoms with Gasteiger partial charge in [0, 0.05) is 21.6 Å². The maximum Gasteiger partial charge on any atom is 0.100 e. The Balaban J connectivity index is 2.25. The highest BCUT2D eigenvalue weighted by molar-refractivity contribution is 7.98. The molecule has 1 nitrogen and oxygen atoms in total. The van der Waals surface area contributed by atoms with Crippen LogP contribution in [0, 0.1) is 17.2 Å². The number of rotatable bonds is 1. The number of halogens is 1. The van der Waals surface area contributed by atoms with Gasteiger partial charge in [-0.2, -0.15) is 5.26 Å². The van der Waals surface area contributed by atoms with Gasteiger partial charge in [-0.3, -0.25) is 0 Å². The quantitative estimate of drug-likeness (QED) is 0.683. The molecule has 106 valence electrons. The van der Waals surface area contributed by atoms with E-state index in [9.17, 15) is 5.26 Å². The van der Waals surface area contributed by atoms with Crippen molar-refractivity contribution in [2.75, 3.05) is 0 Å². The number of hydrogen-bond donors (Lipinski definition) is 0. The Labute approximate surface area is 134 Å². The summed E-state index contributed by atoms with van der Waals surface area (Å²) in [6, 6.07) is 14.6. The zero-order valence-corrected chi connectivity index (χ0v) is 13.6. The number of hydrogen-bond acceptors (Lipinski definition) is 2. The van der Waals surface area contributed by atoms with Gasteiger partial charge in [-0.05, 0) is 40.8 Å². The summed E-state index contributed by atoms with van der Waals surface area (Å²) in [6.45, 7) is 4.48. The van der Waals surface area contributed by atoms with Crippen LogP contribution in [0.1, 0.15) is 42.0 Å². The van der Waals surface area contributed by atoms with Gasteiger partial charge in [-0.15, -0.1) is 11.8 Å². The first-order chi connectivity index (χ1) is 10.1. The SMILES string of the molecule is CC(C)C1c2ccc(Cl)cc2CSc2c(C#N)cccc21. The second kappa shape index (κ2) is 5.75. The van der Waals surface area contributed by atoms with Crippen LogP contribution in [0.2, 0.25) is 5.02 Å². The van der Waals surface area contributed by atoms with Crippen LogP contribution in [0.4, 0.5) is 0 Å². The third kappa shape index (κ3) is 2.57. The first-order valence-corrected chi connectivity index (χ1v) is 8.42. The molecule has 1 unspecified atom stereocenters. The highest BCUT2D eigenvalue weighted by Gasteiger charge is 2.27. The molecule has 0 saturated carbocycles. The van der Waals surface area contributed by atoms with Gasteiger partial charge in [0.1, 0.15) is 6.07 Å². The molecule has 0 fully saturated rings. The Morgan fingerprint density at radius 2 is 2.05 bits per heavy atom. The number of thioether (sulfide) groups is 1. The van der Waals surface area contributed by atoms with Gasteiger partial charge >= 0.3 is 0 Å². The van der Waals surface area contributed by atoms with Gasteiger partial charge in [0.25, 0.3) is 0 Å². The summed E-state index contributed by atoms with van der Waals surface area (Å²) in [5.41, 5.74) is 4.68. The molecule has 0 amide bonds. The highest BCUT2D eigenvalue weighted by atomic mass is 35.5. The lowest BCUT2D eigenvalue weighted by Crippen LogP contribution is -2.10. The first-order valence-electron chi connectivity index (χ1n) is 7.06. The van der Waals surface area contributed by atoms with E-state index in [1.165, 1.54) is 16.7 Å². The van der Waals surface area contributed by atoms with Crippen molar-refractivity contribution in [2.45, 2.75) is 30.4 Å². The second-order valence-electron chi connectivity index (χ2n) is 5.69. The third-order valence-corrected chi connectivity index (χ3v) is 5.41. The molecule has 0 saturated heterocycles. The fraction of sp³-hybridized carbons (Fsp3) is 0.278. The van der Waals surface area contributed by atoms with Crippen molar-refractivity contribution in [3.63, 3.8) is 0 Å². The molecule has 0 bridgehead atoms. The molecule has 3 heteroatoms. The Morgan fingerprint density at radius 1 is 1.24 bits per heavy atom. The van der Waals surface area contributed by atoms with Crippen LogP contribution in [-0.2, 0) is 5.75 Å². The number of fused-ring (bicyclic) bond motifs is 2. The van der Waals surface area contributed by atoms with Crippen molar-refractivity contribution in [2.24, 2.45) is 5.92 Å². The summed E-state index contributed by atoms with van der Waals surface area (Å²) < 4.78 is 0. The molecule has 0 radical (unpaired) electrons. The molecule has 2 aromatic carbocycles. The van der Waals surface area contributed by atoms with Crippen LogP contribution in [-0.4, -0.2) is 0 Å². The average molecular weight is 314 g/mol. The first kappa shape index (κ1) is 14.5. The lowest BCUT2D eigenvalue weighted by atomic mass is 9.80. The fourth-order valence-electron chi connectivity index (χ4n) is 3.09. The number of nitriles is 1. The lowest BCUT2D eigenvalue weighted by Gasteiger charge is -2.24. The molecule has 1 aliphatic rings. The lowest BCUT2D eigenvalue weighted by molar-refractivity contribution is 0.556. The molecular weight excluding hydrogens is 298 g/mol. The van der Waals surface area contributed by atoms with Crippen LogP contribution in [0.3, 0.4) is 0 Å². The van der Waals surface area contributed by atoms with Gasteiger partial charge < -0.3 is 0 Å². The van der Waals surface area contributed by atoms with Crippen molar-refractivity contribution < 1.29 is 0 Å². The number of benzene rings is 2. The van der Waals surface area contributed by atoms with E-state index in [-0.39, 0.29) is 0 Å². The van der Waals surface area contributed by atoms with E-state index >= 15 is 0 Å². The summed E-state index contributed by atoms with van der Waals surface area (Å²) in [5, 5.41) is 10.2. The Kier molecular flexibility index (Phi) is 3.97. The largest absolute Gasteiger partial charge is 0.192 e. The molecule has 1 atom stereocenters. The topological polar surface area (TPSA) is 23.8 Å². The predicted molar refractivity (Wildman–Crippen MR) is 88.9 cm³/mol. The molecule has 2 aromatic rings. The molecule has 0 spiro atoms. The molecule has 0 aliphatic carbocycles. The minimum Gasteiger partial charge on any atom is -0.192 e. The van der Waals surface area contributed by atoms with Gasteiger partial charge in [-0.25, -0.2) is 0 Å². The van der Waals surface area contributed by atoms with Crippen molar-refractivity contribution in [1.82, 2.24) is 0 Å². The normalized spacial score (nSPS) is 16.8. The van der Waals surface area contributed by atoms with Gasteiger partial charge in [0.05, 0.1) is 5.56 Å². The summed E-state index contributed by atoms with van der Waals surface area (Å²) in [7, 11) is 0. The summed E-state index contributed by atoms with van der Waals surface area (Å²) in [6.07, 6.45) is 0. The van der Waals surface area contributed by atoms with Crippen LogP contribution >= 0.6 is 23.4 Å². The van der Waals surface area contributed by atoms with Crippen LogP contribution in [0.15, 0.2) is 41.3 Å².